The SMILES string of the molecule is COCc1cc2c(cc1OCc1ccccc1)[C@H]1CCC3(CC3)N1n1cc(C(=O)OC(C)C)c(=O)cc1-2. The minimum atomic E-state index is -0.577. The summed E-state index contributed by atoms with van der Waals surface area (Å²) in [5, 5.41) is 2.40. The number of hydrogen-bond acceptors (Lipinski definition) is 6. The lowest BCUT2D eigenvalue weighted by molar-refractivity contribution is 0.0375. The first-order chi connectivity index (χ1) is 17.9. The number of benzene rings is 2. The average molecular weight is 501 g/mol. The van der Waals surface area contributed by atoms with E-state index in [2.05, 4.69) is 29.3 Å². The molecular weight excluding hydrogens is 468 g/mol. The predicted octanol–water partition coefficient (Wildman–Crippen LogP) is 5.13. The Morgan fingerprint density at radius 1 is 1.08 bits per heavy atom. The third kappa shape index (κ3) is 4.11. The van der Waals surface area contributed by atoms with Gasteiger partial charge in [0.2, 0.25) is 0 Å². The van der Waals surface area contributed by atoms with Crippen molar-refractivity contribution in [1.29, 1.82) is 0 Å². The lowest BCUT2D eigenvalue weighted by Crippen LogP contribution is -2.46. The van der Waals surface area contributed by atoms with Crippen molar-refractivity contribution in [2.75, 3.05) is 12.1 Å². The number of aromatic nitrogens is 1. The first-order valence-electron chi connectivity index (χ1n) is 13.0. The fraction of sp³-hybridized carbons (Fsp3) is 0.400. The number of rotatable bonds is 7. The highest BCUT2D eigenvalue weighted by Crippen LogP contribution is 2.58. The Morgan fingerprint density at radius 3 is 2.57 bits per heavy atom. The first-order valence-corrected chi connectivity index (χ1v) is 13.0. The van der Waals surface area contributed by atoms with Crippen LogP contribution in [0.15, 0.2) is 59.5 Å². The summed E-state index contributed by atoms with van der Waals surface area (Å²) in [5.41, 5.74) is 4.76. The van der Waals surface area contributed by atoms with Gasteiger partial charge in [-0.2, -0.15) is 0 Å². The zero-order valence-corrected chi connectivity index (χ0v) is 21.5. The Hall–Kier alpha value is -3.58. The van der Waals surface area contributed by atoms with Gasteiger partial charge in [0.15, 0.2) is 5.43 Å². The number of carbonyl (C=O) groups is 1. The molecule has 6 rings (SSSR count). The number of carbonyl (C=O) groups excluding carboxylic acids is 1. The maximum Gasteiger partial charge on any atom is 0.343 e. The Kier molecular flexibility index (Phi) is 5.83. The molecule has 1 spiro atoms. The molecule has 3 heterocycles. The molecule has 3 aliphatic rings. The van der Waals surface area contributed by atoms with Crippen molar-refractivity contribution in [1.82, 2.24) is 4.68 Å². The van der Waals surface area contributed by atoms with E-state index < -0.39 is 5.97 Å². The molecule has 192 valence electrons. The molecule has 1 aliphatic carbocycles. The largest absolute Gasteiger partial charge is 0.489 e. The summed E-state index contributed by atoms with van der Waals surface area (Å²) < 4.78 is 19.3. The van der Waals surface area contributed by atoms with Gasteiger partial charge < -0.3 is 14.2 Å². The van der Waals surface area contributed by atoms with E-state index in [0.717, 1.165) is 59.4 Å². The van der Waals surface area contributed by atoms with Crippen LogP contribution >= 0.6 is 0 Å². The molecule has 0 unspecified atom stereocenters. The fourth-order valence-corrected chi connectivity index (χ4v) is 5.87. The lowest BCUT2D eigenvalue weighted by atomic mass is 9.92. The van der Waals surface area contributed by atoms with Gasteiger partial charge in [0, 0.05) is 30.5 Å². The van der Waals surface area contributed by atoms with Gasteiger partial charge in [-0.15, -0.1) is 0 Å². The van der Waals surface area contributed by atoms with E-state index in [9.17, 15) is 9.59 Å². The van der Waals surface area contributed by atoms with Crippen LogP contribution in [0.25, 0.3) is 11.3 Å². The van der Waals surface area contributed by atoms with Gasteiger partial charge in [-0.3, -0.25) is 14.5 Å². The Morgan fingerprint density at radius 2 is 1.86 bits per heavy atom. The second-order valence-electron chi connectivity index (χ2n) is 10.6. The molecule has 37 heavy (non-hydrogen) atoms. The van der Waals surface area contributed by atoms with E-state index in [0.29, 0.717) is 13.2 Å². The normalized spacial score (nSPS) is 18.4. The molecule has 2 fully saturated rings. The second kappa shape index (κ2) is 9.06. The van der Waals surface area contributed by atoms with E-state index >= 15 is 0 Å². The number of nitrogens with zero attached hydrogens (tertiary/aromatic N) is 2. The summed E-state index contributed by atoms with van der Waals surface area (Å²) >= 11 is 0. The smallest absolute Gasteiger partial charge is 0.343 e. The van der Waals surface area contributed by atoms with Gasteiger partial charge in [0.05, 0.1) is 30.0 Å². The van der Waals surface area contributed by atoms with Gasteiger partial charge in [0.25, 0.3) is 0 Å². The summed E-state index contributed by atoms with van der Waals surface area (Å²) in [6, 6.07) is 16.1. The molecule has 1 atom stereocenters. The molecule has 1 saturated heterocycles. The minimum absolute atomic E-state index is 0.0711. The molecule has 7 heteroatoms. The highest BCUT2D eigenvalue weighted by atomic mass is 16.5. The maximum atomic E-state index is 13.1. The summed E-state index contributed by atoms with van der Waals surface area (Å²) in [7, 11) is 1.67. The van der Waals surface area contributed by atoms with Gasteiger partial charge in [-0.25, -0.2) is 4.79 Å². The monoisotopic (exact) mass is 500 g/mol. The predicted molar refractivity (Wildman–Crippen MR) is 140 cm³/mol. The third-order valence-corrected chi connectivity index (χ3v) is 7.72. The molecule has 0 radical (unpaired) electrons. The van der Waals surface area contributed by atoms with Crippen molar-refractivity contribution < 1.29 is 19.0 Å². The van der Waals surface area contributed by atoms with Crippen LogP contribution in [0, 0.1) is 0 Å². The molecule has 0 amide bonds. The van der Waals surface area contributed by atoms with E-state index in [4.69, 9.17) is 14.2 Å². The van der Waals surface area contributed by atoms with Crippen molar-refractivity contribution in [2.24, 2.45) is 0 Å². The van der Waals surface area contributed by atoms with Crippen LogP contribution in [0.4, 0.5) is 0 Å². The zero-order chi connectivity index (χ0) is 25.7. The number of pyridine rings is 1. The highest BCUT2D eigenvalue weighted by Gasteiger charge is 2.57. The molecule has 2 aliphatic heterocycles. The second-order valence-corrected chi connectivity index (χ2v) is 10.6. The minimum Gasteiger partial charge on any atom is -0.489 e. The highest BCUT2D eigenvalue weighted by molar-refractivity contribution is 5.90. The molecule has 2 aromatic carbocycles. The van der Waals surface area contributed by atoms with Gasteiger partial charge >= 0.3 is 5.97 Å². The number of hydrogen-bond donors (Lipinski definition) is 0. The number of methoxy groups -OCH3 is 1. The number of esters is 1. The summed E-state index contributed by atoms with van der Waals surface area (Å²) in [4.78, 5) is 25.9. The third-order valence-electron chi connectivity index (χ3n) is 7.72. The molecule has 0 bridgehead atoms. The zero-order valence-electron chi connectivity index (χ0n) is 21.5. The van der Waals surface area contributed by atoms with Crippen LogP contribution in [0.3, 0.4) is 0 Å². The Bertz CT molecular complexity index is 1410. The van der Waals surface area contributed by atoms with Gasteiger partial charge in [-0.1, -0.05) is 30.3 Å². The molecule has 3 aromatic rings. The molecule has 7 nitrogen and oxygen atoms in total. The van der Waals surface area contributed by atoms with Crippen LogP contribution in [0.1, 0.15) is 72.6 Å². The summed E-state index contributed by atoms with van der Waals surface area (Å²) in [6.45, 7) is 4.42. The van der Waals surface area contributed by atoms with Crippen molar-refractivity contribution in [2.45, 2.75) is 70.4 Å². The maximum absolute atomic E-state index is 13.1. The van der Waals surface area contributed by atoms with E-state index in [1.807, 2.05) is 22.9 Å². The van der Waals surface area contributed by atoms with Crippen LogP contribution in [0.5, 0.6) is 5.75 Å². The molecule has 1 saturated carbocycles. The van der Waals surface area contributed by atoms with Gasteiger partial charge in [0.1, 0.15) is 17.9 Å². The van der Waals surface area contributed by atoms with E-state index in [1.54, 1.807) is 33.2 Å². The lowest BCUT2D eigenvalue weighted by Gasteiger charge is -2.41. The van der Waals surface area contributed by atoms with Crippen LogP contribution in [-0.2, 0) is 22.7 Å². The molecular formula is C30H32N2O5. The van der Waals surface area contributed by atoms with Crippen molar-refractivity contribution in [3.63, 3.8) is 0 Å². The van der Waals surface area contributed by atoms with Crippen molar-refractivity contribution in [3.05, 3.63) is 87.2 Å². The fourth-order valence-electron chi connectivity index (χ4n) is 5.87. The standard InChI is InChI=1S/C30H32N2O5/c1-19(2)37-29(34)24-16-31-26(15-27(24)33)22-13-21(18-35-3)28(36-17-20-7-5-4-6-8-20)14-23(22)25-9-10-30(11-12-30)32(25)31/h4-8,13-16,19,25H,9-12,17-18H2,1-3H3/t25-/m1/s1. The average Bonchev–Trinajstić information content (AvgIpc) is 3.56. The van der Waals surface area contributed by atoms with Gasteiger partial charge in [-0.05, 0) is 62.8 Å². The summed E-state index contributed by atoms with van der Waals surface area (Å²) in [6.07, 6.45) is 5.69. The van der Waals surface area contributed by atoms with Crippen molar-refractivity contribution in [3.8, 4) is 17.0 Å². The van der Waals surface area contributed by atoms with Crippen LogP contribution in [-0.4, -0.2) is 29.4 Å². The van der Waals surface area contributed by atoms with Crippen molar-refractivity contribution >= 4 is 5.97 Å². The Labute approximate surface area is 216 Å². The quantitative estimate of drug-likeness (QED) is 0.419. The molecule has 0 N–H and O–H groups in total. The number of ether oxygens (including phenoxy) is 3. The summed E-state index contributed by atoms with van der Waals surface area (Å²) in [5.74, 6) is 0.223. The topological polar surface area (TPSA) is 70.0 Å². The van der Waals surface area contributed by atoms with E-state index in [-0.39, 0.29) is 28.7 Å². The van der Waals surface area contributed by atoms with E-state index in [1.165, 1.54) is 0 Å². The first kappa shape index (κ1) is 23.8. The van der Waals surface area contributed by atoms with Crippen LogP contribution < -0.4 is 15.2 Å². The molecule has 1 aromatic heterocycles. The van der Waals surface area contributed by atoms with Crippen LogP contribution in [0.2, 0.25) is 0 Å². The number of fused-ring (bicyclic) bond motifs is 7. The Balaban J connectivity index is 1.47.